The van der Waals surface area contributed by atoms with E-state index in [9.17, 15) is 9.59 Å². The largest absolute Gasteiger partial charge is 0.490 e. The van der Waals surface area contributed by atoms with Crippen molar-refractivity contribution in [3.63, 3.8) is 0 Å². The van der Waals surface area contributed by atoms with Crippen LogP contribution in [0.15, 0.2) is 35.7 Å². The molecule has 0 radical (unpaired) electrons. The minimum absolute atomic E-state index is 0.117. The molecule has 0 bridgehead atoms. The van der Waals surface area contributed by atoms with Gasteiger partial charge in [-0.25, -0.2) is 4.79 Å². The molecule has 0 saturated carbocycles. The number of urea groups is 1. The Hall–Kier alpha value is -2.62. The van der Waals surface area contributed by atoms with Crippen LogP contribution in [0.3, 0.4) is 0 Å². The number of hydrogen-bond acceptors (Lipinski definition) is 7. The Bertz CT molecular complexity index is 883. The van der Waals surface area contributed by atoms with Gasteiger partial charge in [0.25, 0.3) is 0 Å². The number of rotatable bonds is 7. The van der Waals surface area contributed by atoms with Crippen LogP contribution in [0.25, 0.3) is 0 Å². The number of carbonyl (C=O) groups is 2. The maximum Gasteiger partial charge on any atom is 0.325 e. The Kier molecular flexibility index (Phi) is 7.39. The van der Waals surface area contributed by atoms with Crippen molar-refractivity contribution in [2.45, 2.75) is 31.9 Å². The normalized spacial score (nSPS) is 17.9. The molecule has 1 atom stereocenters. The van der Waals surface area contributed by atoms with Crippen LogP contribution < -0.4 is 20.1 Å². The van der Waals surface area contributed by atoms with E-state index in [1.807, 2.05) is 22.4 Å². The summed E-state index contributed by atoms with van der Waals surface area (Å²) in [5.74, 6) is 0.875. The summed E-state index contributed by atoms with van der Waals surface area (Å²) >= 11 is 1.65. The number of thiophene rings is 1. The van der Waals surface area contributed by atoms with Gasteiger partial charge in [-0.2, -0.15) is 0 Å². The van der Waals surface area contributed by atoms with E-state index in [4.69, 9.17) is 14.2 Å². The fraction of sp³-hybridized carbons (Fsp3) is 0.455. The average Bonchev–Trinajstić information content (AvgIpc) is 3.38. The van der Waals surface area contributed by atoms with Crippen LogP contribution in [0, 0.1) is 0 Å². The van der Waals surface area contributed by atoms with E-state index in [-0.39, 0.29) is 18.6 Å². The highest BCUT2D eigenvalue weighted by Crippen LogP contribution is 2.32. The minimum atomic E-state index is -0.576. The van der Waals surface area contributed by atoms with Crippen LogP contribution >= 0.6 is 11.3 Å². The molecule has 2 aromatic rings. The number of nitrogens with one attached hydrogen (secondary N) is 2. The number of hydrogen-bond donors (Lipinski definition) is 2. The van der Waals surface area contributed by atoms with Gasteiger partial charge in [-0.15, -0.1) is 11.3 Å². The predicted octanol–water partition coefficient (Wildman–Crippen LogP) is 3.24. The zero-order valence-corrected chi connectivity index (χ0v) is 18.1. The van der Waals surface area contributed by atoms with Crippen molar-refractivity contribution in [3.8, 4) is 11.5 Å². The third kappa shape index (κ3) is 6.43. The van der Waals surface area contributed by atoms with Gasteiger partial charge in [0.2, 0.25) is 5.91 Å². The lowest BCUT2D eigenvalue weighted by Crippen LogP contribution is -2.43. The Morgan fingerprint density at radius 2 is 1.97 bits per heavy atom. The van der Waals surface area contributed by atoms with Crippen molar-refractivity contribution >= 4 is 29.0 Å². The molecular weight excluding hydrogens is 418 g/mol. The summed E-state index contributed by atoms with van der Waals surface area (Å²) in [5.41, 5.74) is 0.532. The molecule has 0 unspecified atom stereocenters. The number of amides is 3. The van der Waals surface area contributed by atoms with Crippen molar-refractivity contribution in [2.24, 2.45) is 0 Å². The molecule has 3 amide bonds. The summed E-state index contributed by atoms with van der Waals surface area (Å²) in [5, 5.41) is 7.12. The zero-order chi connectivity index (χ0) is 21.5. The van der Waals surface area contributed by atoms with Gasteiger partial charge < -0.3 is 19.5 Å². The molecule has 8 nitrogen and oxygen atoms in total. The predicted molar refractivity (Wildman–Crippen MR) is 118 cm³/mol. The fourth-order valence-electron chi connectivity index (χ4n) is 3.66. The maximum atomic E-state index is 12.5. The lowest BCUT2D eigenvalue weighted by atomic mass is 10.2. The number of carbonyl (C=O) groups excluding carboxylic acids is 2. The highest BCUT2D eigenvalue weighted by atomic mass is 32.1. The smallest absolute Gasteiger partial charge is 0.325 e. The quantitative estimate of drug-likeness (QED) is 0.680. The average molecular weight is 446 g/mol. The summed E-state index contributed by atoms with van der Waals surface area (Å²) in [7, 11) is 0. The summed E-state index contributed by atoms with van der Waals surface area (Å²) in [4.78, 5) is 28.1. The number of imide groups is 1. The first-order valence-corrected chi connectivity index (χ1v) is 11.4. The van der Waals surface area contributed by atoms with E-state index in [0.717, 1.165) is 25.9 Å². The molecule has 2 aliphatic heterocycles. The van der Waals surface area contributed by atoms with Crippen LogP contribution in [-0.4, -0.2) is 55.9 Å². The van der Waals surface area contributed by atoms with Crippen LogP contribution in [0.1, 0.15) is 24.1 Å². The third-order valence-corrected chi connectivity index (χ3v) is 5.93. The lowest BCUT2D eigenvalue weighted by molar-refractivity contribution is -0.121. The fourth-order valence-corrected chi connectivity index (χ4v) is 4.40. The summed E-state index contributed by atoms with van der Waals surface area (Å²) in [6.07, 6.45) is 2.97. The number of nitrogens with zero attached hydrogens (tertiary/aromatic N) is 1. The monoisotopic (exact) mass is 445 g/mol. The molecule has 1 aromatic carbocycles. The van der Waals surface area contributed by atoms with E-state index in [1.54, 1.807) is 29.5 Å². The summed E-state index contributed by atoms with van der Waals surface area (Å²) in [6.45, 7) is 3.35. The van der Waals surface area contributed by atoms with Gasteiger partial charge in [-0.05, 0) is 36.4 Å². The van der Waals surface area contributed by atoms with Crippen LogP contribution in [-0.2, 0) is 16.1 Å². The van der Waals surface area contributed by atoms with E-state index >= 15 is 0 Å². The molecule has 1 fully saturated rings. The van der Waals surface area contributed by atoms with E-state index < -0.39 is 6.03 Å². The molecule has 3 heterocycles. The zero-order valence-electron chi connectivity index (χ0n) is 17.3. The van der Waals surface area contributed by atoms with Gasteiger partial charge in [0.05, 0.1) is 25.9 Å². The number of ether oxygens (including phenoxy) is 3. The molecule has 9 heteroatoms. The van der Waals surface area contributed by atoms with E-state index in [1.165, 1.54) is 4.88 Å². The van der Waals surface area contributed by atoms with Crippen molar-refractivity contribution in [1.29, 1.82) is 0 Å². The molecule has 1 saturated heterocycles. The SMILES string of the molecule is O=C(CN(Cc1cccs1)C[C@@H]1CCCO1)NC(=O)Nc1ccc2c(c1)OCCCO2. The number of anilines is 1. The van der Waals surface area contributed by atoms with Gasteiger partial charge in [0, 0.05) is 42.7 Å². The first-order chi connectivity index (χ1) is 15.2. The molecule has 0 aliphatic carbocycles. The molecule has 2 aliphatic rings. The Morgan fingerprint density at radius 1 is 1.10 bits per heavy atom. The Balaban J connectivity index is 1.31. The van der Waals surface area contributed by atoms with E-state index in [0.29, 0.717) is 43.5 Å². The molecule has 31 heavy (non-hydrogen) atoms. The molecule has 0 spiro atoms. The first kappa shape index (κ1) is 21.6. The molecular formula is C22H27N3O5S. The standard InChI is InChI=1S/C22H27N3O5S/c26-21(15-25(13-17-4-1-8-28-17)14-18-5-2-11-31-18)24-22(27)23-16-6-7-19-20(12-16)30-10-3-9-29-19/h2,5-7,11-12,17H,1,3-4,8-10,13-15H2,(H2,23,24,26,27)/t17-/m0/s1. The summed E-state index contributed by atoms with van der Waals surface area (Å²) in [6, 6.07) is 8.63. The van der Waals surface area contributed by atoms with E-state index in [2.05, 4.69) is 10.6 Å². The highest BCUT2D eigenvalue weighted by Gasteiger charge is 2.22. The Morgan fingerprint density at radius 3 is 2.74 bits per heavy atom. The van der Waals surface area contributed by atoms with Crippen LogP contribution in [0.4, 0.5) is 10.5 Å². The molecule has 4 rings (SSSR count). The molecule has 166 valence electrons. The van der Waals surface area contributed by atoms with Gasteiger partial charge in [-0.3, -0.25) is 15.0 Å². The second-order valence-corrected chi connectivity index (χ2v) is 8.63. The second-order valence-electron chi connectivity index (χ2n) is 7.60. The first-order valence-electron chi connectivity index (χ1n) is 10.5. The minimum Gasteiger partial charge on any atom is -0.490 e. The van der Waals surface area contributed by atoms with Gasteiger partial charge >= 0.3 is 6.03 Å². The number of benzene rings is 1. The highest BCUT2D eigenvalue weighted by molar-refractivity contribution is 7.09. The second kappa shape index (κ2) is 10.6. The molecule has 2 N–H and O–H groups in total. The maximum absolute atomic E-state index is 12.5. The van der Waals surface area contributed by atoms with Crippen molar-refractivity contribution < 1.29 is 23.8 Å². The van der Waals surface area contributed by atoms with Gasteiger partial charge in [0.15, 0.2) is 11.5 Å². The van der Waals surface area contributed by atoms with Crippen molar-refractivity contribution in [1.82, 2.24) is 10.2 Å². The number of fused-ring (bicyclic) bond motifs is 1. The van der Waals surface area contributed by atoms with Crippen LogP contribution in [0.2, 0.25) is 0 Å². The van der Waals surface area contributed by atoms with Gasteiger partial charge in [-0.1, -0.05) is 6.07 Å². The van der Waals surface area contributed by atoms with Gasteiger partial charge in [0.1, 0.15) is 0 Å². The Labute approximate surface area is 185 Å². The third-order valence-electron chi connectivity index (χ3n) is 5.07. The van der Waals surface area contributed by atoms with Crippen molar-refractivity contribution in [2.75, 3.05) is 38.2 Å². The van der Waals surface area contributed by atoms with Crippen LogP contribution in [0.5, 0.6) is 11.5 Å². The topological polar surface area (TPSA) is 89.1 Å². The summed E-state index contributed by atoms with van der Waals surface area (Å²) < 4.78 is 17.0. The lowest BCUT2D eigenvalue weighted by Gasteiger charge is -2.24. The molecule has 1 aromatic heterocycles. The van der Waals surface area contributed by atoms with Crippen molar-refractivity contribution in [3.05, 3.63) is 40.6 Å².